The van der Waals surface area contributed by atoms with Crippen molar-refractivity contribution in [2.45, 2.75) is 24.5 Å². The van der Waals surface area contributed by atoms with E-state index in [1.54, 1.807) is 18.8 Å². The second-order valence-corrected chi connectivity index (χ2v) is 8.68. The van der Waals surface area contributed by atoms with Crippen LogP contribution >= 0.6 is 11.8 Å². The molecule has 1 aromatic rings. The molecule has 0 aliphatic carbocycles. The maximum Gasteiger partial charge on any atom is 0.232 e. The lowest BCUT2D eigenvalue weighted by Gasteiger charge is -2.31. The zero-order valence-electron chi connectivity index (χ0n) is 16.8. The highest BCUT2D eigenvalue weighted by Gasteiger charge is 2.27. The van der Waals surface area contributed by atoms with E-state index < -0.39 is 0 Å². The molecular weight excluding hydrogens is 360 g/mol. The van der Waals surface area contributed by atoms with Gasteiger partial charge < -0.3 is 20.3 Å². The van der Waals surface area contributed by atoms with Gasteiger partial charge in [-0.1, -0.05) is 30.3 Å². The molecule has 6 nitrogen and oxygen atoms in total. The van der Waals surface area contributed by atoms with Gasteiger partial charge in [0.1, 0.15) is 0 Å². The molecule has 1 aliphatic heterocycles. The number of amides is 1. The van der Waals surface area contributed by atoms with E-state index in [4.69, 9.17) is 4.74 Å². The van der Waals surface area contributed by atoms with E-state index in [0.717, 1.165) is 12.1 Å². The van der Waals surface area contributed by atoms with Crippen molar-refractivity contribution in [2.24, 2.45) is 4.99 Å². The van der Waals surface area contributed by atoms with E-state index in [9.17, 15) is 4.79 Å². The fourth-order valence-electron chi connectivity index (χ4n) is 2.83. The van der Waals surface area contributed by atoms with Gasteiger partial charge in [-0.3, -0.25) is 9.79 Å². The summed E-state index contributed by atoms with van der Waals surface area (Å²) in [5.41, 5.74) is 1.02. The quantitative estimate of drug-likeness (QED) is 0.548. The van der Waals surface area contributed by atoms with E-state index in [-0.39, 0.29) is 16.6 Å². The highest BCUT2D eigenvalue weighted by molar-refractivity contribution is 7.99. The first-order valence-electron chi connectivity index (χ1n) is 9.38. The van der Waals surface area contributed by atoms with Crippen LogP contribution in [-0.4, -0.2) is 74.2 Å². The number of benzene rings is 1. The van der Waals surface area contributed by atoms with Crippen LogP contribution in [0.15, 0.2) is 35.3 Å². The number of hydrogen-bond donors (Lipinski definition) is 2. The van der Waals surface area contributed by atoms with Gasteiger partial charge in [0.05, 0.1) is 19.1 Å². The summed E-state index contributed by atoms with van der Waals surface area (Å²) in [6.45, 7) is 8.18. The molecule has 1 atom stereocenters. The molecule has 27 heavy (non-hydrogen) atoms. The van der Waals surface area contributed by atoms with Crippen LogP contribution in [0.25, 0.3) is 0 Å². The standard InChI is InChI=1S/C20H32N4O2S/c1-20(2,27-4)15-23-19(21-3)22-14-17(16-8-6-5-7-9-16)18(25)24-10-12-26-13-11-24/h5-9,17H,10-15H2,1-4H3,(H2,21,22,23). The average Bonchev–Trinajstić information content (AvgIpc) is 2.71. The fraction of sp³-hybridized carbons (Fsp3) is 0.600. The molecule has 0 bridgehead atoms. The summed E-state index contributed by atoms with van der Waals surface area (Å²) in [4.78, 5) is 19.3. The monoisotopic (exact) mass is 392 g/mol. The van der Waals surface area contributed by atoms with Gasteiger partial charge in [-0.05, 0) is 25.7 Å². The lowest BCUT2D eigenvalue weighted by molar-refractivity contribution is -0.136. The predicted molar refractivity (Wildman–Crippen MR) is 114 cm³/mol. The number of carbonyl (C=O) groups is 1. The molecule has 1 unspecified atom stereocenters. The number of nitrogens with one attached hydrogen (secondary N) is 2. The third kappa shape index (κ3) is 6.74. The van der Waals surface area contributed by atoms with Crippen LogP contribution in [0, 0.1) is 0 Å². The third-order valence-corrected chi connectivity index (χ3v) is 6.00. The van der Waals surface area contributed by atoms with E-state index in [1.165, 1.54) is 0 Å². The molecule has 0 saturated carbocycles. The molecule has 0 spiro atoms. The molecule has 1 fully saturated rings. The smallest absolute Gasteiger partial charge is 0.232 e. The van der Waals surface area contributed by atoms with Crippen molar-refractivity contribution in [1.82, 2.24) is 15.5 Å². The van der Waals surface area contributed by atoms with Crippen molar-refractivity contribution in [3.8, 4) is 0 Å². The van der Waals surface area contributed by atoms with Crippen molar-refractivity contribution < 1.29 is 9.53 Å². The van der Waals surface area contributed by atoms with Crippen LogP contribution in [0.2, 0.25) is 0 Å². The summed E-state index contributed by atoms with van der Waals surface area (Å²) in [5.74, 6) is 0.598. The van der Waals surface area contributed by atoms with Crippen LogP contribution < -0.4 is 10.6 Å². The maximum absolute atomic E-state index is 13.1. The molecule has 1 heterocycles. The third-order valence-electron chi connectivity index (χ3n) is 4.75. The SMILES string of the molecule is CN=C(NCC(C(=O)N1CCOCC1)c1ccccc1)NCC(C)(C)SC. The van der Waals surface area contributed by atoms with Crippen molar-refractivity contribution in [2.75, 3.05) is 52.7 Å². The van der Waals surface area contributed by atoms with Gasteiger partial charge >= 0.3 is 0 Å². The summed E-state index contributed by atoms with van der Waals surface area (Å²) in [6, 6.07) is 9.94. The predicted octanol–water partition coefficient (Wildman–Crippen LogP) is 1.94. The summed E-state index contributed by atoms with van der Waals surface area (Å²) in [5, 5.41) is 6.69. The number of nitrogens with zero attached hydrogens (tertiary/aromatic N) is 2. The summed E-state index contributed by atoms with van der Waals surface area (Å²) in [7, 11) is 1.75. The van der Waals surface area contributed by atoms with Crippen LogP contribution in [0.4, 0.5) is 0 Å². The lowest BCUT2D eigenvalue weighted by atomic mass is 9.97. The van der Waals surface area contributed by atoms with Crippen LogP contribution in [-0.2, 0) is 9.53 Å². The van der Waals surface area contributed by atoms with Gasteiger partial charge in [0.2, 0.25) is 5.91 Å². The molecule has 1 aromatic carbocycles. The Morgan fingerprint density at radius 1 is 1.26 bits per heavy atom. The number of thioether (sulfide) groups is 1. The summed E-state index contributed by atoms with van der Waals surface area (Å²) < 4.78 is 5.50. The van der Waals surface area contributed by atoms with E-state index in [0.29, 0.717) is 38.8 Å². The van der Waals surface area contributed by atoms with Crippen molar-refractivity contribution in [3.05, 3.63) is 35.9 Å². The van der Waals surface area contributed by atoms with Gasteiger partial charge in [0.15, 0.2) is 5.96 Å². The molecule has 0 radical (unpaired) electrons. The van der Waals surface area contributed by atoms with Gasteiger partial charge in [-0.25, -0.2) is 0 Å². The molecule has 0 aromatic heterocycles. The molecule has 1 amide bonds. The number of guanidine groups is 1. The van der Waals surface area contributed by atoms with E-state index >= 15 is 0 Å². The first kappa shape index (κ1) is 21.6. The Kier molecular flexibility index (Phi) is 8.44. The normalized spacial score (nSPS) is 16.7. The molecule has 1 saturated heterocycles. The largest absolute Gasteiger partial charge is 0.378 e. The van der Waals surface area contributed by atoms with Crippen LogP contribution in [0.3, 0.4) is 0 Å². The van der Waals surface area contributed by atoms with Crippen molar-refractivity contribution in [1.29, 1.82) is 0 Å². The topological polar surface area (TPSA) is 66.0 Å². The molecule has 1 aliphatic rings. The molecule has 7 heteroatoms. The Morgan fingerprint density at radius 2 is 1.93 bits per heavy atom. The Labute approximate surface area is 167 Å². The Balaban J connectivity index is 2.04. The number of morpholine rings is 1. The minimum atomic E-state index is -0.253. The van der Waals surface area contributed by atoms with E-state index in [1.807, 2.05) is 35.2 Å². The van der Waals surface area contributed by atoms with Crippen molar-refractivity contribution in [3.63, 3.8) is 0 Å². The second kappa shape index (κ2) is 10.6. The molecular formula is C20H32N4O2S. The Hall–Kier alpha value is -1.73. The first-order valence-corrected chi connectivity index (χ1v) is 10.6. The zero-order chi connectivity index (χ0) is 19.7. The number of rotatable bonds is 7. The number of ether oxygens (including phenoxy) is 1. The van der Waals surface area contributed by atoms with Crippen LogP contribution in [0.1, 0.15) is 25.3 Å². The number of hydrogen-bond acceptors (Lipinski definition) is 4. The van der Waals surface area contributed by atoms with Crippen LogP contribution in [0.5, 0.6) is 0 Å². The fourth-order valence-corrected chi connectivity index (χ4v) is 3.04. The maximum atomic E-state index is 13.1. The highest BCUT2D eigenvalue weighted by Crippen LogP contribution is 2.20. The Bertz CT molecular complexity index is 616. The highest BCUT2D eigenvalue weighted by atomic mass is 32.2. The molecule has 2 rings (SSSR count). The van der Waals surface area contributed by atoms with Gasteiger partial charge in [-0.15, -0.1) is 0 Å². The van der Waals surface area contributed by atoms with E-state index in [2.05, 4.69) is 35.7 Å². The number of carbonyl (C=O) groups excluding carboxylic acids is 1. The summed E-state index contributed by atoms with van der Waals surface area (Å²) >= 11 is 1.81. The minimum absolute atomic E-state index is 0.111. The van der Waals surface area contributed by atoms with Gasteiger partial charge in [-0.2, -0.15) is 11.8 Å². The number of aliphatic imine (C=N–C) groups is 1. The van der Waals surface area contributed by atoms with Crippen molar-refractivity contribution >= 4 is 23.6 Å². The second-order valence-electron chi connectivity index (χ2n) is 7.17. The molecule has 150 valence electrons. The summed E-state index contributed by atoms with van der Waals surface area (Å²) in [6.07, 6.45) is 2.10. The first-order chi connectivity index (χ1) is 13.0. The average molecular weight is 393 g/mol. The lowest BCUT2D eigenvalue weighted by Crippen LogP contribution is -2.48. The Morgan fingerprint density at radius 3 is 2.52 bits per heavy atom. The van der Waals surface area contributed by atoms with Gasteiger partial charge in [0.25, 0.3) is 0 Å². The molecule has 2 N–H and O–H groups in total. The minimum Gasteiger partial charge on any atom is -0.378 e. The zero-order valence-corrected chi connectivity index (χ0v) is 17.6. The van der Waals surface area contributed by atoms with Gasteiger partial charge in [0, 0.05) is 38.0 Å².